The van der Waals surface area contributed by atoms with E-state index in [0.29, 0.717) is 5.69 Å². The minimum atomic E-state index is -0.425. The highest BCUT2D eigenvalue weighted by molar-refractivity contribution is 5.96. The normalized spacial score (nSPS) is 9.29. The summed E-state index contributed by atoms with van der Waals surface area (Å²) in [5, 5.41) is 1.01. The van der Waals surface area contributed by atoms with Crippen LogP contribution >= 0.6 is 0 Å². The highest BCUT2D eigenvalue weighted by Crippen LogP contribution is 2.13. The van der Waals surface area contributed by atoms with E-state index in [4.69, 9.17) is 5.73 Å². The third-order valence-corrected chi connectivity index (χ3v) is 2.08. The molecule has 1 aromatic heterocycles. The van der Waals surface area contributed by atoms with E-state index in [2.05, 4.69) is 9.72 Å². The number of benzene rings is 1. The number of carbonyl (C=O) groups is 2. The van der Waals surface area contributed by atoms with Crippen molar-refractivity contribution in [2.75, 3.05) is 7.11 Å². The van der Waals surface area contributed by atoms with Crippen molar-refractivity contribution in [3.63, 3.8) is 0 Å². The summed E-state index contributed by atoms with van der Waals surface area (Å²) in [6.45, 7) is 1.36. The van der Waals surface area contributed by atoms with Gasteiger partial charge in [-0.3, -0.25) is 9.59 Å². The Hall–Kier alpha value is -2.30. The third-order valence-electron chi connectivity index (χ3n) is 2.08. The van der Waals surface area contributed by atoms with Crippen LogP contribution in [0.4, 0.5) is 0 Å². The molecule has 2 aromatic rings. The Morgan fingerprint density at radius 1 is 1.29 bits per heavy atom. The summed E-state index contributed by atoms with van der Waals surface area (Å²) < 4.78 is 4.11. The van der Waals surface area contributed by atoms with Gasteiger partial charge in [0.05, 0.1) is 7.11 Å². The van der Waals surface area contributed by atoms with Crippen LogP contribution in [-0.4, -0.2) is 24.0 Å². The third kappa shape index (κ3) is 3.64. The van der Waals surface area contributed by atoms with Gasteiger partial charge in [-0.05, 0) is 12.1 Å². The second-order valence-electron chi connectivity index (χ2n) is 3.33. The Morgan fingerprint density at radius 2 is 1.88 bits per heavy atom. The molecule has 1 heterocycles. The van der Waals surface area contributed by atoms with Crippen molar-refractivity contribution in [3.05, 3.63) is 36.0 Å². The van der Waals surface area contributed by atoms with E-state index >= 15 is 0 Å². The lowest BCUT2D eigenvalue weighted by molar-refractivity contribution is -0.137. The van der Waals surface area contributed by atoms with Gasteiger partial charge >= 0.3 is 5.97 Å². The van der Waals surface area contributed by atoms with Gasteiger partial charge in [-0.15, -0.1) is 0 Å². The second kappa shape index (κ2) is 5.69. The van der Waals surface area contributed by atoms with Gasteiger partial charge in [0.15, 0.2) is 0 Å². The molecule has 17 heavy (non-hydrogen) atoms. The number of aromatic nitrogens is 1. The maximum absolute atomic E-state index is 10.8. The van der Waals surface area contributed by atoms with Gasteiger partial charge in [-0.25, -0.2) is 0 Å². The summed E-state index contributed by atoms with van der Waals surface area (Å²) in [4.78, 5) is 23.3. The lowest BCUT2D eigenvalue weighted by Crippen LogP contribution is -2.10. The van der Waals surface area contributed by atoms with E-state index in [0.717, 1.165) is 10.9 Å². The van der Waals surface area contributed by atoms with Crippen molar-refractivity contribution in [3.8, 4) is 0 Å². The smallest absolute Gasteiger partial charge is 0.302 e. The summed E-state index contributed by atoms with van der Waals surface area (Å²) in [5.74, 6) is -0.670. The molecule has 0 aliphatic carbocycles. The molecule has 5 heteroatoms. The van der Waals surface area contributed by atoms with Gasteiger partial charge in [0, 0.05) is 17.8 Å². The number of ether oxygens (including phenoxy) is 1. The molecular weight excluding hydrogens is 220 g/mol. The molecule has 0 saturated heterocycles. The number of fused-ring (bicyclic) bond motifs is 1. The molecule has 0 bridgehead atoms. The van der Waals surface area contributed by atoms with Crippen LogP contribution in [0.5, 0.6) is 0 Å². The van der Waals surface area contributed by atoms with Gasteiger partial charge in [0.2, 0.25) is 0 Å². The number of nitrogens with two attached hydrogens (primary N) is 1. The standard InChI is InChI=1S/C9H8N2O.C3H6O2/c10-9(12)8-5-6-3-1-2-4-7(6)11-8;1-3(4)5-2/h1-5,11H,(H2,10,12);1-2H3. The Morgan fingerprint density at radius 3 is 2.35 bits per heavy atom. The summed E-state index contributed by atoms with van der Waals surface area (Å²) in [6, 6.07) is 9.41. The zero-order valence-corrected chi connectivity index (χ0v) is 9.69. The second-order valence-corrected chi connectivity index (χ2v) is 3.33. The Bertz CT molecular complexity index is 498. The first kappa shape index (κ1) is 12.8. The van der Waals surface area contributed by atoms with Gasteiger partial charge in [-0.1, -0.05) is 18.2 Å². The summed E-state index contributed by atoms with van der Waals surface area (Å²) in [5.41, 5.74) is 6.50. The van der Waals surface area contributed by atoms with Crippen LogP contribution in [0, 0.1) is 0 Å². The highest BCUT2D eigenvalue weighted by atomic mass is 16.5. The number of hydrogen-bond donors (Lipinski definition) is 2. The molecule has 0 spiro atoms. The number of H-pyrrole nitrogens is 1. The van der Waals surface area contributed by atoms with Crippen molar-refractivity contribution in [1.82, 2.24) is 4.98 Å². The van der Waals surface area contributed by atoms with Crippen LogP contribution < -0.4 is 5.73 Å². The lowest BCUT2D eigenvalue weighted by atomic mass is 10.2. The molecule has 0 fully saturated rings. The Kier molecular flexibility index (Phi) is 4.28. The molecule has 0 atom stereocenters. The average molecular weight is 234 g/mol. The summed E-state index contributed by atoms with van der Waals surface area (Å²) in [7, 11) is 1.35. The van der Waals surface area contributed by atoms with Crippen molar-refractivity contribution in [2.24, 2.45) is 5.73 Å². The number of carbonyl (C=O) groups excluding carboxylic acids is 2. The first-order chi connectivity index (χ1) is 8.04. The quantitative estimate of drug-likeness (QED) is 0.732. The van der Waals surface area contributed by atoms with E-state index in [-0.39, 0.29) is 5.97 Å². The Labute approximate surface area is 98.6 Å². The van der Waals surface area contributed by atoms with E-state index in [1.165, 1.54) is 14.0 Å². The largest absolute Gasteiger partial charge is 0.469 e. The fraction of sp³-hybridized carbons (Fsp3) is 0.167. The molecule has 1 amide bonds. The number of esters is 1. The number of rotatable bonds is 1. The fourth-order valence-corrected chi connectivity index (χ4v) is 1.21. The zero-order valence-electron chi connectivity index (χ0n) is 9.69. The first-order valence-electron chi connectivity index (χ1n) is 4.96. The van der Waals surface area contributed by atoms with Gasteiger partial charge < -0.3 is 15.5 Å². The lowest BCUT2D eigenvalue weighted by Gasteiger charge is -1.85. The fourth-order valence-electron chi connectivity index (χ4n) is 1.21. The molecule has 2 rings (SSSR count). The van der Waals surface area contributed by atoms with Crippen molar-refractivity contribution < 1.29 is 14.3 Å². The van der Waals surface area contributed by atoms with Gasteiger partial charge in [0.1, 0.15) is 5.69 Å². The molecule has 0 unspecified atom stereocenters. The number of nitrogens with one attached hydrogen (secondary N) is 1. The summed E-state index contributed by atoms with van der Waals surface area (Å²) in [6.07, 6.45) is 0. The number of primary amides is 1. The van der Waals surface area contributed by atoms with Crippen LogP contribution in [0.3, 0.4) is 0 Å². The average Bonchev–Trinajstić information content (AvgIpc) is 2.73. The van der Waals surface area contributed by atoms with Crippen LogP contribution in [0.2, 0.25) is 0 Å². The van der Waals surface area contributed by atoms with E-state index < -0.39 is 5.91 Å². The van der Waals surface area contributed by atoms with E-state index in [1.807, 2.05) is 24.3 Å². The molecular formula is C12H14N2O3. The monoisotopic (exact) mass is 234 g/mol. The number of amides is 1. The molecule has 0 aliphatic rings. The van der Waals surface area contributed by atoms with Crippen LogP contribution in [-0.2, 0) is 9.53 Å². The molecule has 0 aliphatic heterocycles. The van der Waals surface area contributed by atoms with Crippen molar-refractivity contribution >= 4 is 22.8 Å². The predicted molar refractivity (Wildman–Crippen MR) is 64.5 cm³/mol. The molecule has 0 radical (unpaired) electrons. The van der Waals surface area contributed by atoms with Crippen LogP contribution in [0.1, 0.15) is 17.4 Å². The zero-order chi connectivity index (χ0) is 12.8. The topological polar surface area (TPSA) is 85.2 Å². The number of hydrogen-bond acceptors (Lipinski definition) is 3. The van der Waals surface area contributed by atoms with Crippen molar-refractivity contribution in [2.45, 2.75) is 6.92 Å². The van der Waals surface area contributed by atoms with Crippen LogP contribution in [0.15, 0.2) is 30.3 Å². The SMILES string of the molecule is COC(C)=O.NC(=O)c1cc2ccccc2[nH]1. The first-order valence-corrected chi connectivity index (χ1v) is 4.96. The molecule has 3 N–H and O–H groups in total. The van der Waals surface area contributed by atoms with Crippen LogP contribution in [0.25, 0.3) is 10.9 Å². The number of para-hydroxylation sites is 1. The highest BCUT2D eigenvalue weighted by Gasteiger charge is 2.03. The van der Waals surface area contributed by atoms with E-state index in [1.54, 1.807) is 6.07 Å². The maximum Gasteiger partial charge on any atom is 0.302 e. The maximum atomic E-state index is 10.8. The summed E-state index contributed by atoms with van der Waals surface area (Å²) >= 11 is 0. The molecule has 1 aromatic carbocycles. The number of aromatic amines is 1. The molecule has 5 nitrogen and oxygen atoms in total. The molecule has 90 valence electrons. The minimum absolute atomic E-state index is 0.245. The van der Waals surface area contributed by atoms with E-state index in [9.17, 15) is 9.59 Å². The van der Waals surface area contributed by atoms with Gasteiger partial charge in [-0.2, -0.15) is 0 Å². The minimum Gasteiger partial charge on any atom is -0.469 e. The van der Waals surface area contributed by atoms with Crippen molar-refractivity contribution in [1.29, 1.82) is 0 Å². The Balaban J connectivity index is 0.000000249. The molecule has 0 saturated carbocycles. The van der Waals surface area contributed by atoms with Gasteiger partial charge in [0.25, 0.3) is 5.91 Å². The number of methoxy groups -OCH3 is 1. The predicted octanol–water partition coefficient (Wildman–Crippen LogP) is 1.45.